The highest BCUT2D eigenvalue weighted by Gasteiger charge is 2.38. The number of nitrogens with zero attached hydrogens (tertiary/aromatic N) is 6. The molecule has 12 rings (SSSR count). The molecule has 11 aromatic rings. The molecular formula is C54H36N6O. The van der Waals surface area contributed by atoms with Crippen molar-refractivity contribution in [3.05, 3.63) is 187 Å². The summed E-state index contributed by atoms with van der Waals surface area (Å²) in [5.41, 5.74) is 13.7. The molecule has 4 aromatic heterocycles. The first-order valence-corrected chi connectivity index (χ1v) is 20.5. The molecule has 0 radical (unpaired) electrons. The van der Waals surface area contributed by atoms with Crippen molar-refractivity contribution in [2.75, 3.05) is 0 Å². The van der Waals surface area contributed by atoms with Crippen molar-refractivity contribution in [3.63, 3.8) is 0 Å². The van der Waals surface area contributed by atoms with Crippen LogP contribution in [0.15, 0.2) is 176 Å². The average Bonchev–Trinajstić information content (AvgIpc) is 3.77. The second-order valence-electron chi connectivity index (χ2n) is 16.2. The summed E-state index contributed by atoms with van der Waals surface area (Å²) in [6.45, 7) is 4.70. The Morgan fingerprint density at radius 1 is 0.443 bits per heavy atom. The van der Waals surface area contributed by atoms with Crippen molar-refractivity contribution >= 4 is 43.6 Å². The number of pyridine rings is 2. The normalized spacial score (nSPS) is 13.0. The van der Waals surface area contributed by atoms with E-state index in [-0.39, 0.29) is 11.2 Å². The minimum Gasteiger partial charge on any atom is -0.507 e. The van der Waals surface area contributed by atoms with Gasteiger partial charge in [-0.15, -0.1) is 0 Å². The Balaban J connectivity index is 1.01. The molecule has 0 fully saturated rings. The van der Waals surface area contributed by atoms with Gasteiger partial charge in [0.1, 0.15) is 11.4 Å². The van der Waals surface area contributed by atoms with Crippen LogP contribution in [0.3, 0.4) is 0 Å². The molecule has 1 N–H and O–H groups in total. The lowest BCUT2D eigenvalue weighted by Gasteiger charge is -2.23. The molecule has 1 aliphatic carbocycles. The third-order valence-corrected chi connectivity index (χ3v) is 12.3. The fourth-order valence-corrected chi connectivity index (χ4v) is 9.41. The highest BCUT2D eigenvalue weighted by molar-refractivity contribution is 6.13. The minimum atomic E-state index is -0.182. The average molecular weight is 785 g/mol. The van der Waals surface area contributed by atoms with Gasteiger partial charge < -0.3 is 9.67 Å². The number of fused-ring (bicyclic) bond motifs is 10. The number of aromatic hydroxyl groups is 1. The quantitative estimate of drug-likeness (QED) is 0.175. The molecule has 0 aliphatic heterocycles. The van der Waals surface area contributed by atoms with Gasteiger partial charge in [-0.2, -0.15) is 0 Å². The third kappa shape index (κ3) is 5.40. The van der Waals surface area contributed by atoms with E-state index in [9.17, 15) is 5.11 Å². The third-order valence-electron chi connectivity index (χ3n) is 12.3. The molecule has 0 amide bonds. The first kappa shape index (κ1) is 35.0. The molecule has 61 heavy (non-hydrogen) atoms. The molecule has 7 heteroatoms. The van der Waals surface area contributed by atoms with Crippen molar-refractivity contribution in [1.82, 2.24) is 29.5 Å². The van der Waals surface area contributed by atoms with Crippen LogP contribution in [0.2, 0.25) is 0 Å². The topological polar surface area (TPSA) is 89.6 Å². The summed E-state index contributed by atoms with van der Waals surface area (Å²) in [6.07, 6.45) is 0. The molecule has 0 bridgehead atoms. The largest absolute Gasteiger partial charge is 0.507 e. The van der Waals surface area contributed by atoms with Crippen LogP contribution in [-0.2, 0) is 5.41 Å². The van der Waals surface area contributed by atoms with Gasteiger partial charge in [-0.25, -0.2) is 24.9 Å². The Morgan fingerprint density at radius 3 is 1.79 bits per heavy atom. The van der Waals surface area contributed by atoms with Crippen LogP contribution in [-0.4, -0.2) is 34.6 Å². The second kappa shape index (κ2) is 13.2. The maximum atomic E-state index is 10.6. The number of hydrogen-bond donors (Lipinski definition) is 1. The molecular weight excluding hydrogens is 749 g/mol. The highest BCUT2D eigenvalue weighted by atomic mass is 16.3. The van der Waals surface area contributed by atoms with E-state index in [1.54, 1.807) is 12.1 Å². The molecule has 0 saturated carbocycles. The van der Waals surface area contributed by atoms with E-state index in [1.165, 1.54) is 38.5 Å². The van der Waals surface area contributed by atoms with Gasteiger partial charge in [-0.05, 0) is 76.9 Å². The van der Waals surface area contributed by atoms with Gasteiger partial charge in [0, 0.05) is 49.3 Å². The Morgan fingerprint density at radius 2 is 1.03 bits per heavy atom. The van der Waals surface area contributed by atoms with E-state index < -0.39 is 0 Å². The summed E-state index contributed by atoms with van der Waals surface area (Å²) in [5, 5.41) is 15.0. The summed E-state index contributed by atoms with van der Waals surface area (Å²) in [7, 11) is 0. The van der Waals surface area contributed by atoms with Gasteiger partial charge in [-0.1, -0.05) is 135 Å². The minimum absolute atomic E-state index is 0.177. The number of para-hydroxylation sites is 2. The monoisotopic (exact) mass is 784 g/mol. The van der Waals surface area contributed by atoms with E-state index in [0.29, 0.717) is 34.4 Å². The molecule has 7 nitrogen and oxygen atoms in total. The van der Waals surface area contributed by atoms with E-state index in [1.807, 2.05) is 72.8 Å². The zero-order valence-electron chi connectivity index (χ0n) is 33.4. The number of aromatic nitrogens is 6. The molecule has 0 atom stereocenters. The van der Waals surface area contributed by atoms with Crippen molar-refractivity contribution in [2.45, 2.75) is 19.3 Å². The second-order valence-corrected chi connectivity index (χ2v) is 16.2. The van der Waals surface area contributed by atoms with Gasteiger partial charge in [0.15, 0.2) is 17.5 Å². The predicted molar refractivity (Wildman–Crippen MR) is 246 cm³/mol. The Labute approximate surface area is 351 Å². The smallest absolute Gasteiger partial charge is 0.182 e. The summed E-state index contributed by atoms with van der Waals surface area (Å²) >= 11 is 0. The number of phenols is 1. The van der Waals surface area contributed by atoms with Gasteiger partial charge >= 0.3 is 0 Å². The SMILES string of the molecule is CC1(C)c2ccccc2-c2ccc3c4ccccc4n(-c4ccc(-c5nc(-c6ccccc6)nc(-c6ccc7ccc8ccc(-c9ccccc9O)nc8c7n6)n5)cc4)c3c21. The predicted octanol–water partition coefficient (Wildman–Crippen LogP) is 12.7. The first-order valence-electron chi connectivity index (χ1n) is 20.5. The van der Waals surface area contributed by atoms with Crippen LogP contribution in [0.1, 0.15) is 25.0 Å². The van der Waals surface area contributed by atoms with Gasteiger partial charge in [-0.3, -0.25) is 0 Å². The fourth-order valence-electron chi connectivity index (χ4n) is 9.41. The molecule has 0 unspecified atom stereocenters. The van der Waals surface area contributed by atoms with Crippen LogP contribution in [0.4, 0.5) is 0 Å². The van der Waals surface area contributed by atoms with Crippen LogP contribution >= 0.6 is 0 Å². The van der Waals surface area contributed by atoms with E-state index in [0.717, 1.165) is 44.1 Å². The van der Waals surface area contributed by atoms with Crippen molar-refractivity contribution in [2.24, 2.45) is 0 Å². The Hall–Kier alpha value is -8.03. The van der Waals surface area contributed by atoms with Gasteiger partial charge in [0.2, 0.25) is 0 Å². The Bertz CT molecular complexity index is 3570. The summed E-state index contributed by atoms with van der Waals surface area (Å²) in [6, 6.07) is 60.0. The lowest BCUT2D eigenvalue weighted by atomic mass is 9.81. The van der Waals surface area contributed by atoms with E-state index in [4.69, 9.17) is 24.9 Å². The number of hydrogen-bond acceptors (Lipinski definition) is 6. The summed E-state index contributed by atoms with van der Waals surface area (Å²) < 4.78 is 2.43. The van der Waals surface area contributed by atoms with Crippen molar-refractivity contribution in [1.29, 1.82) is 0 Å². The fraction of sp³-hybridized carbons (Fsp3) is 0.0556. The number of phenolic OH excluding ortho intramolecular Hbond substituents is 1. The van der Waals surface area contributed by atoms with Gasteiger partial charge in [0.05, 0.1) is 27.8 Å². The summed E-state index contributed by atoms with van der Waals surface area (Å²) in [4.78, 5) is 25.4. The first-order chi connectivity index (χ1) is 29.9. The zero-order valence-corrected chi connectivity index (χ0v) is 33.4. The van der Waals surface area contributed by atoms with Crippen molar-refractivity contribution in [3.8, 4) is 68.1 Å². The molecule has 0 saturated heterocycles. The molecule has 288 valence electrons. The molecule has 4 heterocycles. The highest BCUT2D eigenvalue weighted by Crippen LogP contribution is 2.53. The number of benzene rings is 7. The molecule has 1 aliphatic rings. The van der Waals surface area contributed by atoms with Crippen LogP contribution in [0.5, 0.6) is 5.75 Å². The van der Waals surface area contributed by atoms with Crippen LogP contribution in [0.25, 0.3) is 106 Å². The lowest BCUT2D eigenvalue weighted by Crippen LogP contribution is -2.16. The van der Waals surface area contributed by atoms with Crippen LogP contribution < -0.4 is 0 Å². The lowest BCUT2D eigenvalue weighted by molar-refractivity contribution is 0.477. The zero-order chi connectivity index (χ0) is 40.8. The molecule has 7 aromatic carbocycles. The standard InChI is InChI=1S/C54H36N6O/c1-54(2)42-17-9-6-14-37(42)39-28-29-40-38-15-7-10-18-45(38)60(50(40)47(39)54)36-26-22-35(23-27-36)52-57-51(34-12-4-3-5-13-34)58-53(59-52)44-31-25-33-21-20-32-24-30-43(55-48(32)49(33)56-44)41-16-8-11-19-46(41)61/h3-31,61H,1-2H3. The van der Waals surface area contributed by atoms with E-state index in [2.05, 4.69) is 109 Å². The Kier molecular flexibility index (Phi) is 7.59. The molecule has 0 spiro atoms. The van der Waals surface area contributed by atoms with Gasteiger partial charge in [0.25, 0.3) is 0 Å². The maximum absolute atomic E-state index is 10.6. The van der Waals surface area contributed by atoms with Crippen molar-refractivity contribution < 1.29 is 5.11 Å². The number of rotatable bonds is 5. The van der Waals surface area contributed by atoms with Crippen LogP contribution in [0, 0.1) is 0 Å². The maximum Gasteiger partial charge on any atom is 0.182 e. The summed E-state index contributed by atoms with van der Waals surface area (Å²) in [5.74, 6) is 1.75. The van der Waals surface area contributed by atoms with E-state index >= 15 is 0 Å².